The van der Waals surface area contributed by atoms with E-state index >= 15 is 0 Å². The Balaban J connectivity index is 1.57. The Bertz CT molecular complexity index is 682. The van der Waals surface area contributed by atoms with Crippen LogP contribution in [0, 0.1) is 5.92 Å². The van der Waals surface area contributed by atoms with Crippen LogP contribution in [0.25, 0.3) is 0 Å². The first kappa shape index (κ1) is 18.6. The highest BCUT2D eigenvalue weighted by Crippen LogP contribution is 2.48. The normalized spacial score (nSPS) is 23.3. The van der Waals surface area contributed by atoms with Crippen LogP contribution in [-0.4, -0.2) is 52.3 Å². The van der Waals surface area contributed by atoms with Crippen molar-refractivity contribution < 1.29 is 9.59 Å². The Morgan fingerprint density at radius 1 is 1.27 bits per heavy atom. The van der Waals surface area contributed by atoms with Gasteiger partial charge in [-0.05, 0) is 63.1 Å². The Kier molecular flexibility index (Phi) is 5.74. The molecule has 5 nitrogen and oxygen atoms in total. The number of nitrogens with zero attached hydrogens (tertiary/aromatic N) is 3. The smallest absolute Gasteiger partial charge is 0.245 e. The lowest BCUT2D eigenvalue weighted by Gasteiger charge is -2.30. The number of fused-ring (bicyclic) bond motifs is 1. The number of allylic oxidation sites excluding steroid dienone is 2. The molecule has 1 aromatic heterocycles. The second-order valence-electron chi connectivity index (χ2n) is 7.80. The Morgan fingerprint density at radius 2 is 2.00 bits per heavy atom. The third-order valence-corrected chi connectivity index (χ3v) is 5.45. The highest BCUT2D eigenvalue weighted by molar-refractivity contribution is 5.89. The van der Waals surface area contributed by atoms with Crippen molar-refractivity contribution in [1.29, 1.82) is 0 Å². The van der Waals surface area contributed by atoms with E-state index in [4.69, 9.17) is 0 Å². The van der Waals surface area contributed by atoms with Crippen LogP contribution in [0.4, 0.5) is 0 Å². The number of carbonyl (C=O) groups excluding carboxylic acids is 2. The molecular formula is C21H29N3O2. The molecule has 0 unspecified atom stereocenters. The number of carbonyl (C=O) groups is 2. The molecular weight excluding hydrogens is 326 g/mol. The quantitative estimate of drug-likeness (QED) is 0.707. The van der Waals surface area contributed by atoms with E-state index in [-0.39, 0.29) is 17.9 Å². The Hall–Kier alpha value is -2.17. The summed E-state index contributed by atoms with van der Waals surface area (Å²) in [5, 5.41) is 0. The number of likely N-dealkylation sites (N-methyl/N-ethyl adjacent to an activating group) is 1. The maximum atomic E-state index is 12.9. The molecule has 1 aliphatic heterocycles. The molecule has 140 valence electrons. The van der Waals surface area contributed by atoms with Crippen molar-refractivity contribution in [2.75, 3.05) is 13.6 Å². The van der Waals surface area contributed by atoms with Crippen LogP contribution in [0.3, 0.4) is 0 Å². The predicted molar refractivity (Wildman–Crippen MR) is 101 cm³/mol. The van der Waals surface area contributed by atoms with E-state index in [1.165, 1.54) is 11.1 Å². The van der Waals surface area contributed by atoms with Gasteiger partial charge in [0, 0.05) is 38.4 Å². The van der Waals surface area contributed by atoms with Crippen LogP contribution in [0.2, 0.25) is 0 Å². The fraction of sp³-hybridized carbons (Fsp3) is 0.571. The molecule has 1 aliphatic carbocycles. The number of hydrogen-bond donors (Lipinski definition) is 0. The van der Waals surface area contributed by atoms with Crippen LogP contribution >= 0.6 is 0 Å². The molecule has 0 N–H and O–H groups in total. The molecule has 1 aromatic rings. The molecule has 1 saturated carbocycles. The van der Waals surface area contributed by atoms with Gasteiger partial charge >= 0.3 is 0 Å². The van der Waals surface area contributed by atoms with Crippen LogP contribution < -0.4 is 0 Å². The van der Waals surface area contributed by atoms with Crippen LogP contribution in [0.15, 0.2) is 36.2 Å². The molecule has 26 heavy (non-hydrogen) atoms. The summed E-state index contributed by atoms with van der Waals surface area (Å²) in [5.41, 5.74) is 2.40. The zero-order chi connectivity index (χ0) is 18.7. The summed E-state index contributed by atoms with van der Waals surface area (Å²) in [5.74, 6) is 0.750. The van der Waals surface area contributed by atoms with E-state index in [1.54, 1.807) is 17.3 Å². The number of hydrogen-bond acceptors (Lipinski definition) is 3. The Labute approximate surface area is 156 Å². The van der Waals surface area contributed by atoms with Gasteiger partial charge in [-0.1, -0.05) is 11.6 Å². The van der Waals surface area contributed by atoms with Crippen molar-refractivity contribution in [2.45, 2.75) is 58.0 Å². The summed E-state index contributed by atoms with van der Waals surface area (Å²) >= 11 is 0. The second kappa shape index (κ2) is 8.02. The van der Waals surface area contributed by atoms with Crippen molar-refractivity contribution >= 4 is 11.8 Å². The van der Waals surface area contributed by atoms with Gasteiger partial charge in [-0.25, -0.2) is 0 Å². The van der Waals surface area contributed by atoms with Crippen molar-refractivity contribution in [3.05, 3.63) is 41.7 Å². The van der Waals surface area contributed by atoms with Gasteiger partial charge in [-0.2, -0.15) is 0 Å². The van der Waals surface area contributed by atoms with Gasteiger partial charge in [-0.15, -0.1) is 0 Å². The molecule has 2 fully saturated rings. The SMILES string of the molecule is CC(C)=CCCC(=O)N1[C@@H](C(=O)N(C)CCc2ccncc2)C[C@H]2C[C@H]21. The summed E-state index contributed by atoms with van der Waals surface area (Å²) < 4.78 is 0. The standard InChI is InChI=1S/C21H29N3O2/c1-15(2)5-4-6-20(25)24-18-13-17(18)14-19(24)21(26)23(3)12-9-16-7-10-22-11-8-16/h5,7-8,10-11,17-19H,4,6,9,12-14H2,1-3H3/t17-,18-,19-/m1/s1. The first-order chi connectivity index (χ1) is 12.5. The second-order valence-corrected chi connectivity index (χ2v) is 7.80. The van der Waals surface area contributed by atoms with Crippen molar-refractivity contribution in [3.63, 3.8) is 0 Å². The summed E-state index contributed by atoms with van der Waals surface area (Å²) in [4.78, 5) is 33.3. The monoisotopic (exact) mass is 355 g/mol. The van der Waals surface area contributed by atoms with Crippen molar-refractivity contribution in [3.8, 4) is 0 Å². The molecule has 2 amide bonds. The zero-order valence-corrected chi connectivity index (χ0v) is 16.0. The van der Waals surface area contributed by atoms with Crippen molar-refractivity contribution in [1.82, 2.24) is 14.8 Å². The lowest BCUT2D eigenvalue weighted by Crippen LogP contribution is -2.48. The van der Waals surface area contributed by atoms with Crippen LogP contribution in [0.5, 0.6) is 0 Å². The van der Waals surface area contributed by atoms with E-state index in [2.05, 4.69) is 11.1 Å². The summed E-state index contributed by atoms with van der Waals surface area (Å²) in [6.07, 6.45) is 9.60. The third-order valence-electron chi connectivity index (χ3n) is 5.45. The van der Waals surface area contributed by atoms with Gasteiger partial charge in [-0.3, -0.25) is 14.6 Å². The minimum Gasteiger partial charge on any atom is -0.344 e. The lowest BCUT2D eigenvalue weighted by atomic mass is 10.1. The summed E-state index contributed by atoms with van der Waals surface area (Å²) in [6.45, 7) is 4.75. The number of rotatable bonds is 7. The number of pyridine rings is 1. The highest BCUT2D eigenvalue weighted by atomic mass is 16.2. The van der Waals surface area contributed by atoms with Gasteiger partial charge in [0.15, 0.2) is 0 Å². The average Bonchev–Trinajstić information content (AvgIpc) is 3.29. The molecule has 3 rings (SSSR count). The molecule has 0 radical (unpaired) electrons. The van der Waals surface area contributed by atoms with E-state index in [1.807, 2.05) is 37.9 Å². The van der Waals surface area contributed by atoms with Gasteiger partial charge < -0.3 is 9.80 Å². The van der Waals surface area contributed by atoms with E-state index in [9.17, 15) is 9.59 Å². The largest absolute Gasteiger partial charge is 0.344 e. The van der Waals surface area contributed by atoms with Crippen LogP contribution in [0.1, 0.15) is 45.1 Å². The predicted octanol–water partition coefficient (Wildman–Crippen LogP) is 2.82. The minimum atomic E-state index is -0.264. The zero-order valence-electron chi connectivity index (χ0n) is 16.0. The first-order valence-corrected chi connectivity index (χ1v) is 9.55. The molecule has 5 heteroatoms. The number of piperidine rings is 1. The van der Waals surface area contributed by atoms with Gasteiger partial charge in [0.2, 0.25) is 11.8 Å². The molecule has 2 heterocycles. The number of aromatic nitrogens is 1. The summed E-state index contributed by atoms with van der Waals surface area (Å²) in [7, 11) is 1.85. The van der Waals surface area contributed by atoms with Gasteiger partial charge in [0.25, 0.3) is 0 Å². The molecule has 1 saturated heterocycles. The highest BCUT2D eigenvalue weighted by Gasteiger charge is 2.56. The fourth-order valence-electron chi connectivity index (χ4n) is 3.86. The summed E-state index contributed by atoms with van der Waals surface area (Å²) in [6, 6.07) is 3.99. The molecule has 0 bridgehead atoms. The number of amides is 2. The maximum absolute atomic E-state index is 12.9. The van der Waals surface area contributed by atoms with E-state index < -0.39 is 0 Å². The third kappa shape index (κ3) is 4.32. The maximum Gasteiger partial charge on any atom is 0.245 e. The molecule has 0 aromatic carbocycles. The van der Waals surface area contributed by atoms with Crippen LogP contribution in [-0.2, 0) is 16.0 Å². The van der Waals surface area contributed by atoms with Crippen molar-refractivity contribution in [2.24, 2.45) is 5.92 Å². The first-order valence-electron chi connectivity index (χ1n) is 9.55. The van der Waals surface area contributed by atoms with E-state index in [0.717, 1.165) is 25.7 Å². The fourth-order valence-corrected chi connectivity index (χ4v) is 3.86. The lowest BCUT2D eigenvalue weighted by molar-refractivity contribution is -0.144. The average molecular weight is 355 g/mol. The molecule has 2 aliphatic rings. The molecule has 3 atom stereocenters. The Morgan fingerprint density at radius 3 is 2.69 bits per heavy atom. The van der Waals surface area contributed by atoms with Gasteiger partial charge in [0.05, 0.1) is 0 Å². The minimum absolute atomic E-state index is 0.0850. The van der Waals surface area contributed by atoms with E-state index in [0.29, 0.717) is 24.9 Å². The molecule has 0 spiro atoms. The topological polar surface area (TPSA) is 53.5 Å². The van der Waals surface area contributed by atoms with Gasteiger partial charge in [0.1, 0.15) is 6.04 Å². The number of likely N-dealkylation sites (tertiary alicyclic amines) is 1.